The van der Waals surface area contributed by atoms with Crippen LogP contribution in [-0.2, 0) is 5.41 Å². The van der Waals surface area contributed by atoms with Crippen molar-refractivity contribution in [1.82, 2.24) is 0 Å². The van der Waals surface area contributed by atoms with E-state index in [2.05, 4.69) is 153 Å². The van der Waals surface area contributed by atoms with Gasteiger partial charge in [-0.25, -0.2) is 0 Å². The summed E-state index contributed by atoms with van der Waals surface area (Å²) in [5, 5.41) is 12.1. The Morgan fingerprint density at radius 1 is 0.358 bits per heavy atom. The fourth-order valence-corrected chi connectivity index (χ4v) is 9.58. The summed E-state index contributed by atoms with van der Waals surface area (Å²) in [4.78, 5) is 0. The maximum atomic E-state index is 6.29. The Hall–Kier alpha value is -6.64. The van der Waals surface area contributed by atoms with E-state index in [1.807, 2.05) is 18.2 Å². The fourth-order valence-electron chi connectivity index (χ4n) is 9.58. The Kier molecular flexibility index (Phi) is 5.60. The second-order valence-corrected chi connectivity index (χ2v) is 15.2. The van der Waals surface area contributed by atoms with E-state index in [9.17, 15) is 0 Å². The van der Waals surface area contributed by atoms with Crippen LogP contribution >= 0.6 is 0 Å². The summed E-state index contributed by atoms with van der Waals surface area (Å²) in [7, 11) is 0. The molecule has 0 saturated carbocycles. The van der Waals surface area contributed by atoms with Gasteiger partial charge in [0, 0.05) is 27.0 Å². The number of hydrogen-bond donors (Lipinski definition) is 0. The molecule has 2 nitrogen and oxygen atoms in total. The van der Waals surface area contributed by atoms with Crippen molar-refractivity contribution in [3.8, 4) is 33.4 Å². The van der Waals surface area contributed by atoms with Gasteiger partial charge >= 0.3 is 0 Å². The standard InChI is InChI=1S/C51H32O2/c1-51(2)42-22-19-30(26-39(42)40-25-29-20-24-47-50(38(29)28-43(40)51)37-16-8-10-18-45(37)53-47)48-33-12-3-5-14-35(33)49(36-15-6-4-13-34(36)48)31-21-23-46-41(27-31)32-11-7-9-17-44(32)52-46/h3-28H,1-2H3. The average Bonchev–Trinajstić information content (AvgIpc) is 3.83. The van der Waals surface area contributed by atoms with Crippen molar-refractivity contribution in [2.45, 2.75) is 19.3 Å². The van der Waals surface area contributed by atoms with Gasteiger partial charge in [0.1, 0.15) is 22.3 Å². The molecule has 0 bridgehead atoms. The molecule has 0 fully saturated rings. The molecule has 9 aromatic carbocycles. The molecule has 0 radical (unpaired) electrons. The van der Waals surface area contributed by atoms with E-state index in [0.29, 0.717) is 0 Å². The molecule has 0 saturated heterocycles. The third kappa shape index (κ3) is 3.87. The number of fused-ring (bicyclic) bond motifs is 13. The zero-order valence-corrected chi connectivity index (χ0v) is 29.3. The fraction of sp³-hybridized carbons (Fsp3) is 0.0588. The van der Waals surface area contributed by atoms with Crippen LogP contribution in [-0.4, -0.2) is 0 Å². The highest BCUT2D eigenvalue weighted by atomic mass is 16.3. The molecule has 0 N–H and O–H groups in total. The van der Waals surface area contributed by atoms with Crippen LogP contribution in [0.25, 0.3) is 110 Å². The Labute approximate surface area is 305 Å². The second-order valence-electron chi connectivity index (χ2n) is 15.2. The van der Waals surface area contributed by atoms with Crippen molar-refractivity contribution in [3.05, 3.63) is 169 Å². The van der Waals surface area contributed by atoms with Crippen LogP contribution in [0.3, 0.4) is 0 Å². The molecule has 0 unspecified atom stereocenters. The Morgan fingerprint density at radius 3 is 1.57 bits per heavy atom. The van der Waals surface area contributed by atoms with Crippen LogP contribution in [0.1, 0.15) is 25.0 Å². The van der Waals surface area contributed by atoms with Crippen molar-refractivity contribution in [2.24, 2.45) is 0 Å². The normalized spacial score (nSPS) is 13.6. The predicted octanol–water partition coefficient (Wildman–Crippen LogP) is 14.6. The molecule has 0 atom stereocenters. The average molecular weight is 677 g/mol. The van der Waals surface area contributed by atoms with E-state index < -0.39 is 0 Å². The monoisotopic (exact) mass is 676 g/mol. The van der Waals surface area contributed by atoms with Crippen LogP contribution < -0.4 is 0 Å². The maximum Gasteiger partial charge on any atom is 0.136 e. The first-order chi connectivity index (χ1) is 26.0. The Balaban J connectivity index is 1.10. The number of rotatable bonds is 2. The van der Waals surface area contributed by atoms with Crippen molar-refractivity contribution in [1.29, 1.82) is 0 Å². The molecule has 1 aliphatic carbocycles. The third-order valence-corrected chi connectivity index (χ3v) is 12.0. The summed E-state index contributed by atoms with van der Waals surface area (Å²) in [6.45, 7) is 4.74. The van der Waals surface area contributed by atoms with Crippen LogP contribution in [0.15, 0.2) is 167 Å². The predicted molar refractivity (Wildman–Crippen MR) is 222 cm³/mol. The Bertz CT molecular complexity index is 3310. The lowest BCUT2D eigenvalue weighted by atomic mass is 9.81. The summed E-state index contributed by atoms with van der Waals surface area (Å²) in [5.74, 6) is 0. The number of para-hydroxylation sites is 2. The number of benzene rings is 9. The van der Waals surface area contributed by atoms with E-state index in [0.717, 1.165) is 33.1 Å². The van der Waals surface area contributed by atoms with Gasteiger partial charge in [-0.2, -0.15) is 0 Å². The molecule has 2 heteroatoms. The number of furan rings is 2. The molecule has 53 heavy (non-hydrogen) atoms. The summed E-state index contributed by atoms with van der Waals surface area (Å²) in [6, 6.07) is 57.6. The number of hydrogen-bond acceptors (Lipinski definition) is 2. The van der Waals surface area contributed by atoms with Crippen LogP contribution in [0.4, 0.5) is 0 Å². The molecule has 12 rings (SSSR count). The second kappa shape index (κ2) is 10.2. The molecule has 0 spiro atoms. The molecule has 2 heterocycles. The highest BCUT2D eigenvalue weighted by molar-refractivity contribution is 6.23. The molecular weight excluding hydrogens is 645 g/mol. The summed E-state index contributed by atoms with van der Waals surface area (Å²) >= 11 is 0. The Morgan fingerprint density at radius 2 is 0.868 bits per heavy atom. The van der Waals surface area contributed by atoms with Gasteiger partial charge in [0.2, 0.25) is 0 Å². The zero-order valence-electron chi connectivity index (χ0n) is 29.3. The first-order valence-electron chi connectivity index (χ1n) is 18.4. The highest BCUT2D eigenvalue weighted by Gasteiger charge is 2.36. The van der Waals surface area contributed by atoms with Crippen LogP contribution in [0, 0.1) is 0 Å². The molecule has 248 valence electrons. The minimum Gasteiger partial charge on any atom is -0.456 e. The van der Waals surface area contributed by atoms with Crippen molar-refractivity contribution < 1.29 is 8.83 Å². The molecule has 1 aliphatic rings. The van der Waals surface area contributed by atoms with Gasteiger partial charge in [0.25, 0.3) is 0 Å². The van der Waals surface area contributed by atoms with E-state index in [-0.39, 0.29) is 5.41 Å². The van der Waals surface area contributed by atoms with Crippen LogP contribution in [0.2, 0.25) is 0 Å². The maximum absolute atomic E-state index is 6.29. The molecular formula is C51H32O2. The minimum atomic E-state index is -0.150. The van der Waals surface area contributed by atoms with Gasteiger partial charge in [-0.1, -0.05) is 123 Å². The largest absolute Gasteiger partial charge is 0.456 e. The summed E-state index contributed by atoms with van der Waals surface area (Å²) in [5.41, 5.74) is 13.9. The van der Waals surface area contributed by atoms with E-state index in [4.69, 9.17) is 8.83 Å². The van der Waals surface area contributed by atoms with Gasteiger partial charge in [0.15, 0.2) is 0 Å². The molecule has 0 aliphatic heterocycles. The lowest BCUT2D eigenvalue weighted by molar-refractivity contribution is 0.661. The van der Waals surface area contributed by atoms with Gasteiger partial charge in [-0.3, -0.25) is 0 Å². The van der Waals surface area contributed by atoms with E-state index in [1.54, 1.807) is 0 Å². The molecule has 2 aromatic heterocycles. The SMILES string of the molecule is CC1(C)c2ccc(-c3c4ccccc4c(-c4ccc5oc6ccccc6c5c4)c4ccccc34)cc2-c2cc3ccc4oc5ccccc5c4c3cc21. The lowest BCUT2D eigenvalue weighted by Crippen LogP contribution is -2.14. The van der Waals surface area contributed by atoms with Crippen molar-refractivity contribution in [3.63, 3.8) is 0 Å². The minimum absolute atomic E-state index is 0.150. The van der Waals surface area contributed by atoms with Crippen molar-refractivity contribution in [2.75, 3.05) is 0 Å². The molecule has 11 aromatic rings. The van der Waals surface area contributed by atoms with Gasteiger partial charge < -0.3 is 8.83 Å². The summed E-state index contributed by atoms with van der Waals surface area (Å²) in [6.07, 6.45) is 0. The first kappa shape index (κ1) is 29.0. The van der Waals surface area contributed by atoms with Gasteiger partial charge in [0.05, 0.1) is 0 Å². The summed E-state index contributed by atoms with van der Waals surface area (Å²) < 4.78 is 12.5. The third-order valence-electron chi connectivity index (χ3n) is 12.0. The highest BCUT2D eigenvalue weighted by Crippen LogP contribution is 2.53. The molecule has 0 amide bonds. The topological polar surface area (TPSA) is 26.3 Å². The van der Waals surface area contributed by atoms with Gasteiger partial charge in [-0.05, 0) is 125 Å². The lowest BCUT2D eigenvalue weighted by Gasteiger charge is -2.22. The van der Waals surface area contributed by atoms with Crippen LogP contribution in [0.5, 0.6) is 0 Å². The van der Waals surface area contributed by atoms with E-state index in [1.165, 1.54) is 87.6 Å². The van der Waals surface area contributed by atoms with E-state index >= 15 is 0 Å². The zero-order chi connectivity index (χ0) is 35.0. The smallest absolute Gasteiger partial charge is 0.136 e. The quantitative estimate of drug-likeness (QED) is 0.170. The van der Waals surface area contributed by atoms with Crippen molar-refractivity contribution >= 4 is 76.2 Å². The first-order valence-corrected chi connectivity index (χ1v) is 18.4. The van der Waals surface area contributed by atoms with Gasteiger partial charge in [-0.15, -0.1) is 0 Å².